The molecule has 2 N–H and O–H groups in total. The molecule has 6 aromatic carbocycles. The van der Waals surface area contributed by atoms with E-state index in [1.807, 2.05) is 45.2 Å². The number of nitrogens with zero attached hydrogens (tertiary/aromatic N) is 2. The molecule has 1 aliphatic rings. The Labute approximate surface area is 448 Å². The second kappa shape index (κ2) is 33.6. The molecule has 0 unspecified atom stereocenters. The fourth-order valence-electron chi connectivity index (χ4n) is 6.53. The van der Waals surface area contributed by atoms with E-state index in [1.54, 1.807) is 6.20 Å². The van der Waals surface area contributed by atoms with Gasteiger partial charge in [-0.1, -0.05) is 206 Å². The first-order valence-corrected chi connectivity index (χ1v) is 30.0. The minimum Gasteiger partial charge on any atom is -0.0622 e. The summed E-state index contributed by atoms with van der Waals surface area (Å²) in [7, 11) is 7.57. The van der Waals surface area contributed by atoms with Crippen molar-refractivity contribution in [2.24, 2.45) is 0 Å². The van der Waals surface area contributed by atoms with E-state index < -0.39 is 23.0 Å². The first-order chi connectivity index (χ1) is 34.0. The molecule has 1 saturated heterocycles. The van der Waals surface area contributed by atoms with Crippen molar-refractivity contribution in [1.82, 2.24) is 9.97 Å². The molecule has 1 aliphatic heterocycles. The van der Waals surface area contributed by atoms with Crippen molar-refractivity contribution in [3.63, 3.8) is 0 Å². The van der Waals surface area contributed by atoms with Gasteiger partial charge in [0.1, 0.15) is 5.15 Å². The Bertz CT molecular complexity index is 2210. The molecule has 8 aromatic rings. The summed E-state index contributed by atoms with van der Waals surface area (Å²) in [6.45, 7) is 17.4. The van der Waals surface area contributed by atoms with Gasteiger partial charge in [-0.3, -0.25) is 4.98 Å². The maximum Gasteiger partial charge on any atom is -0.0134 e. The number of hydrogen-bond donors (Lipinski definition) is 2. The normalized spacial score (nSPS) is 12.8. The van der Waals surface area contributed by atoms with Crippen LogP contribution < -0.4 is 31.8 Å². The van der Waals surface area contributed by atoms with Crippen molar-refractivity contribution in [2.75, 3.05) is 0 Å². The SMILES string of the molecule is CB(O)O.CC1OC(C)(C)C(C)(C)O1.Cc1cccnc1C.Cc1cccnc1Cl.[Cl][Pd][Cl].c1ccc(P(c2ccccc2)c2ccccc2)cc1.c1ccc(P(c2ccccc2)c2ccccc2)cc1. The molecule has 376 valence electrons. The third-order valence-electron chi connectivity index (χ3n) is 10.7. The molecule has 0 saturated carbocycles. The molecule has 2 aromatic heterocycles. The van der Waals surface area contributed by atoms with Gasteiger partial charge in [-0.05, 0) is 133 Å². The van der Waals surface area contributed by atoms with Crippen molar-refractivity contribution in [2.45, 2.75) is 79.7 Å². The Balaban J connectivity index is 0.000000237. The number of benzene rings is 6. The molecule has 6 nitrogen and oxygen atoms in total. The number of aryl methyl sites for hydroxylation is 3. The van der Waals surface area contributed by atoms with Crippen molar-refractivity contribution in [3.8, 4) is 0 Å². The molecule has 3 heterocycles. The van der Waals surface area contributed by atoms with E-state index in [4.69, 9.17) is 50.2 Å². The van der Waals surface area contributed by atoms with Crippen LogP contribution in [0.4, 0.5) is 0 Å². The monoisotopic (exact) mass is 1140 g/mol. The first kappa shape index (κ1) is 61.2. The fourth-order valence-corrected chi connectivity index (χ4v) is 11.3. The topological polar surface area (TPSA) is 84.7 Å². The van der Waals surface area contributed by atoms with Crippen LogP contribution in [0.15, 0.2) is 219 Å². The maximum atomic E-state index is 7.61. The third-order valence-corrected chi connectivity index (χ3v) is 16.0. The van der Waals surface area contributed by atoms with Crippen LogP contribution in [0.3, 0.4) is 0 Å². The van der Waals surface area contributed by atoms with Gasteiger partial charge in [-0.25, -0.2) is 4.98 Å². The Morgan fingerprint density at radius 2 is 0.704 bits per heavy atom. The molecule has 0 spiro atoms. The predicted molar refractivity (Wildman–Crippen MR) is 306 cm³/mol. The second-order valence-corrected chi connectivity index (χ2v) is 23.9. The van der Waals surface area contributed by atoms with Crippen LogP contribution in [-0.4, -0.2) is 44.6 Å². The van der Waals surface area contributed by atoms with Crippen LogP contribution in [0, 0.1) is 20.8 Å². The van der Waals surface area contributed by atoms with Gasteiger partial charge in [0.05, 0.1) is 11.2 Å². The molecule has 1 fully saturated rings. The standard InChI is InChI=1S/2C18H15P.C8H16O2.C7H9N.C6H6ClN.CH5BO2.2ClH.Pd/c2*1-4-10-16(11-5-1)19(17-12-6-2-7-13-17)18-14-8-3-9-15-18;1-6-9-7(2,3)8(4,5)10-6;1-6-4-3-5-8-7(6)2;1-5-3-2-4-8-6(5)7;1-2(3)4;;;/h2*1-15H;6H,1-5H3;3-5H,1-2H3;2-4H,1H3;3-4H,1H3;2*1H;/q;;;;;;;;+2/p-2. The van der Waals surface area contributed by atoms with E-state index in [0.717, 1.165) is 11.3 Å². The maximum absolute atomic E-state index is 7.61. The van der Waals surface area contributed by atoms with E-state index in [0.29, 0.717) is 5.15 Å². The van der Waals surface area contributed by atoms with E-state index in [2.05, 4.69) is 233 Å². The summed E-state index contributed by atoms with van der Waals surface area (Å²) in [4.78, 5) is 7.92. The summed E-state index contributed by atoms with van der Waals surface area (Å²) < 4.78 is 11.1. The van der Waals surface area contributed by atoms with Crippen molar-refractivity contribution in [3.05, 3.63) is 241 Å². The quantitative estimate of drug-likeness (QED) is 0.0980. The van der Waals surface area contributed by atoms with E-state index >= 15 is 0 Å². The molecule has 13 heteroatoms. The van der Waals surface area contributed by atoms with Gasteiger partial charge in [0.2, 0.25) is 0 Å². The van der Waals surface area contributed by atoms with Crippen molar-refractivity contribution < 1.29 is 35.5 Å². The molecule has 0 radical (unpaired) electrons. The van der Waals surface area contributed by atoms with Gasteiger partial charge in [0.25, 0.3) is 0 Å². The largest absolute Gasteiger partial charge is 0.0622 e. The summed E-state index contributed by atoms with van der Waals surface area (Å²) in [6, 6.07) is 72.4. The van der Waals surface area contributed by atoms with Gasteiger partial charge in [0, 0.05) is 18.1 Å². The zero-order chi connectivity index (χ0) is 52.1. The second-order valence-electron chi connectivity index (χ2n) is 16.7. The number of ether oxygens (including phenoxy) is 2. The summed E-state index contributed by atoms with van der Waals surface area (Å²) >= 11 is 5.49. The van der Waals surface area contributed by atoms with E-state index in [9.17, 15) is 0 Å². The van der Waals surface area contributed by atoms with Gasteiger partial charge in [0.15, 0.2) is 6.29 Å². The minimum absolute atomic E-state index is 0.0648. The molecule has 0 aliphatic carbocycles. The Hall–Kier alpha value is -4.08. The number of rotatable bonds is 6. The average molecular weight is 1140 g/mol. The van der Waals surface area contributed by atoms with Crippen LogP contribution in [0.5, 0.6) is 0 Å². The number of halogens is 3. The Kier molecular flexibility index (Phi) is 29.0. The van der Waals surface area contributed by atoms with Crippen LogP contribution in [0.2, 0.25) is 12.0 Å². The van der Waals surface area contributed by atoms with E-state index in [-0.39, 0.29) is 33.4 Å². The fraction of sp³-hybridized carbons (Fsp3) is 0.207. The number of aromatic nitrogens is 2. The molecule has 0 bridgehead atoms. The van der Waals surface area contributed by atoms with Crippen LogP contribution in [-0.2, 0) is 25.4 Å². The summed E-state index contributed by atoms with van der Waals surface area (Å²) in [6.07, 6.45) is 3.42. The smallest absolute Gasteiger partial charge is 0.0134 e. The predicted octanol–water partition coefficient (Wildman–Crippen LogP) is 13.0. The molecule has 71 heavy (non-hydrogen) atoms. The summed E-state index contributed by atoms with van der Waals surface area (Å²) in [5.74, 6) is 0. The zero-order valence-corrected chi connectivity index (χ0v) is 47.5. The van der Waals surface area contributed by atoms with Crippen molar-refractivity contribution >= 4 is 85.4 Å². The van der Waals surface area contributed by atoms with Gasteiger partial charge in [-0.15, -0.1) is 0 Å². The zero-order valence-electron chi connectivity index (χ0n) is 41.9. The number of hydrogen-bond acceptors (Lipinski definition) is 6. The molecular weight excluding hydrogens is 1070 g/mol. The molecule has 9 rings (SSSR count). The molecular formula is C58H66BCl3N2O4P2Pd. The molecule has 0 atom stereocenters. The Morgan fingerprint density at radius 3 is 0.859 bits per heavy atom. The van der Waals surface area contributed by atoms with Crippen LogP contribution in [0.25, 0.3) is 0 Å². The summed E-state index contributed by atoms with van der Waals surface area (Å²) in [5, 5.41) is 24.2. The first-order valence-electron chi connectivity index (χ1n) is 22.9. The molecule has 0 amide bonds. The number of pyridine rings is 2. The van der Waals surface area contributed by atoms with Crippen molar-refractivity contribution in [1.29, 1.82) is 0 Å². The van der Waals surface area contributed by atoms with Gasteiger partial charge >= 0.3 is 42.1 Å². The average Bonchev–Trinajstić information content (AvgIpc) is 3.56. The van der Waals surface area contributed by atoms with E-state index in [1.165, 1.54) is 44.2 Å². The summed E-state index contributed by atoms with van der Waals surface area (Å²) in [5.41, 5.74) is 3.08. The van der Waals surface area contributed by atoms with Gasteiger partial charge in [-0.2, -0.15) is 0 Å². The van der Waals surface area contributed by atoms with Crippen LogP contribution in [0.1, 0.15) is 51.4 Å². The third kappa shape index (κ3) is 22.7. The Morgan fingerprint density at radius 1 is 0.465 bits per heavy atom. The van der Waals surface area contributed by atoms with Gasteiger partial charge < -0.3 is 19.5 Å². The minimum atomic E-state index is -1.17. The van der Waals surface area contributed by atoms with Crippen LogP contribution >= 0.6 is 46.5 Å².